The van der Waals surface area contributed by atoms with Crippen molar-refractivity contribution in [2.45, 2.75) is 19.3 Å². The van der Waals surface area contributed by atoms with E-state index in [0.29, 0.717) is 5.92 Å². The summed E-state index contributed by atoms with van der Waals surface area (Å²) < 4.78 is 0. The highest BCUT2D eigenvalue weighted by Crippen LogP contribution is 2.23. The highest BCUT2D eigenvalue weighted by molar-refractivity contribution is 5.94. The Kier molecular flexibility index (Phi) is 8.61. The number of hydrogen-bond donors (Lipinski definition) is 2. The van der Waals surface area contributed by atoms with E-state index in [2.05, 4.69) is 51.9 Å². The number of amides is 1. The molecule has 4 rings (SSSR count). The molecule has 0 radical (unpaired) electrons. The molecule has 2 heterocycles. The molecular formula is C22H29Cl2N3O. The molecule has 0 bridgehead atoms. The van der Waals surface area contributed by atoms with Gasteiger partial charge < -0.3 is 15.5 Å². The minimum Gasteiger partial charge on any atom is -0.371 e. The number of nitrogens with one attached hydrogen (secondary N) is 2. The van der Waals surface area contributed by atoms with Gasteiger partial charge in [0.1, 0.15) is 0 Å². The molecule has 2 aromatic rings. The molecule has 1 unspecified atom stereocenters. The van der Waals surface area contributed by atoms with Crippen molar-refractivity contribution in [1.82, 2.24) is 10.6 Å². The number of carbonyl (C=O) groups excluding carboxylic acids is 1. The molecule has 6 heteroatoms. The molecule has 0 aliphatic carbocycles. The number of halogens is 2. The molecule has 2 aliphatic rings. The van der Waals surface area contributed by atoms with E-state index in [9.17, 15) is 4.79 Å². The first kappa shape index (κ1) is 22.5. The van der Waals surface area contributed by atoms with Crippen LogP contribution in [0.5, 0.6) is 0 Å². The SMILES string of the molecule is Cl.Cl.O=C(NCC1CCN(c2ccccc2)C1)c1ccc2c(c1)CCNCC2. The smallest absolute Gasteiger partial charge is 0.251 e. The number of hydrogen-bond acceptors (Lipinski definition) is 3. The van der Waals surface area contributed by atoms with Crippen LogP contribution in [0.3, 0.4) is 0 Å². The highest BCUT2D eigenvalue weighted by atomic mass is 35.5. The van der Waals surface area contributed by atoms with Crippen molar-refractivity contribution < 1.29 is 4.79 Å². The van der Waals surface area contributed by atoms with E-state index < -0.39 is 0 Å². The minimum atomic E-state index is 0. The number of carbonyl (C=O) groups is 1. The fourth-order valence-corrected chi connectivity index (χ4v) is 4.03. The van der Waals surface area contributed by atoms with Crippen LogP contribution in [-0.4, -0.2) is 38.6 Å². The lowest BCUT2D eigenvalue weighted by atomic mass is 9.99. The van der Waals surface area contributed by atoms with Crippen LogP contribution in [0.1, 0.15) is 27.9 Å². The average molecular weight is 422 g/mol. The first-order chi connectivity index (χ1) is 12.8. The third-order valence-electron chi connectivity index (χ3n) is 5.57. The van der Waals surface area contributed by atoms with Gasteiger partial charge in [-0.3, -0.25) is 4.79 Å². The maximum absolute atomic E-state index is 12.6. The van der Waals surface area contributed by atoms with Gasteiger partial charge in [0.05, 0.1) is 0 Å². The molecule has 152 valence electrons. The predicted octanol–water partition coefficient (Wildman–Crippen LogP) is 3.47. The largest absolute Gasteiger partial charge is 0.371 e. The Morgan fingerprint density at radius 2 is 1.79 bits per heavy atom. The summed E-state index contributed by atoms with van der Waals surface area (Å²) in [4.78, 5) is 15.0. The Balaban J connectivity index is 0.00000140. The van der Waals surface area contributed by atoms with E-state index in [1.54, 1.807) is 0 Å². The van der Waals surface area contributed by atoms with E-state index in [1.807, 2.05) is 12.1 Å². The molecule has 2 aromatic carbocycles. The van der Waals surface area contributed by atoms with Gasteiger partial charge >= 0.3 is 0 Å². The quantitative estimate of drug-likeness (QED) is 0.793. The molecule has 0 saturated carbocycles. The van der Waals surface area contributed by atoms with Gasteiger partial charge in [-0.25, -0.2) is 0 Å². The molecular weight excluding hydrogens is 393 g/mol. The zero-order valence-electron chi connectivity index (χ0n) is 16.0. The van der Waals surface area contributed by atoms with Gasteiger partial charge in [-0.1, -0.05) is 24.3 Å². The second-order valence-electron chi connectivity index (χ2n) is 7.38. The lowest BCUT2D eigenvalue weighted by Gasteiger charge is -2.18. The third-order valence-corrected chi connectivity index (χ3v) is 5.57. The molecule has 0 aromatic heterocycles. The molecule has 2 N–H and O–H groups in total. The number of benzene rings is 2. The standard InChI is InChI=1S/C22H27N3O.2ClH/c26-22(20-7-6-18-8-11-23-12-9-19(18)14-20)24-15-17-10-13-25(16-17)21-4-2-1-3-5-21;;/h1-7,14,17,23H,8-13,15-16H2,(H,24,26);2*1H. The first-order valence-corrected chi connectivity index (χ1v) is 9.70. The number of para-hydroxylation sites is 1. The Hall–Kier alpha value is -1.75. The van der Waals surface area contributed by atoms with Crippen LogP contribution < -0.4 is 15.5 Å². The number of anilines is 1. The summed E-state index contributed by atoms with van der Waals surface area (Å²) >= 11 is 0. The maximum atomic E-state index is 12.6. The van der Waals surface area contributed by atoms with Crippen LogP contribution in [-0.2, 0) is 12.8 Å². The predicted molar refractivity (Wildman–Crippen MR) is 120 cm³/mol. The van der Waals surface area contributed by atoms with Crippen LogP contribution >= 0.6 is 24.8 Å². The molecule has 4 nitrogen and oxygen atoms in total. The van der Waals surface area contributed by atoms with Gasteiger partial charge in [-0.05, 0) is 73.7 Å². The summed E-state index contributed by atoms with van der Waals surface area (Å²) in [6.07, 6.45) is 3.19. The summed E-state index contributed by atoms with van der Waals surface area (Å²) in [7, 11) is 0. The van der Waals surface area contributed by atoms with Gasteiger partial charge in [-0.2, -0.15) is 0 Å². The topological polar surface area (TPSA) is 44.4 Å². The van der Waals surface area contributed by atoms with Gasteiger partial charge in [0.15, 0.2) is 0 Å². The van der Waals surface area contributed by atoms with Crippen LogP contribution in [0, 0.1) is 5.92 Å². The molecule has 1 fully saturated rings. The number of nitrogens with zero attached hydrogens (tertiary/aromatic N) is 1. The Labute approximate surface area is 179 Å². The zero-order valence-corrected chi connectivity index (χ0v) is 17.7. The molecule has 2 aliphatic heterocycles. The van der Waals surface area contributed by atoms with Crippen molar-refractivity contribution in [3.8, 4) is 0 Å². The van der Waals surface area contributed by atoms with Crippen molar-refractivity contribution in [2.75, 3.05) is 37.6 Å². The lowest BCUT2D eigenvalue weighted by Crippen LogP contribution is -2.31. The summed E-state index contributed by atoms with van der Waals surface area (Å²) in [5, 5.41) is 6.57. The second-order valence-corrected chi connectivity index (χ2v) is 7.38. The van der Waals surface area contributed by atoms with Crippen LogP contribution in [0.15, 0.2) is 48.5 Å². The van der Waals surface area contributed by atoms with Crippen molar-refractivity contribution in [3.05, 3.63) is 65.2 Å². The molecule has 28 heavy (non-hydrogen) atoms. The van der Waals surface area contributed by atoms with Crippen molar-refractivity contribution in [1.29, 1.82) is 0 Å². The first-order valence-electron chi connectivity index (χ1n) is 9.70. The summed E-state index contributed by atoms with van der Waals surface area (Å²) in [6, 6.07) is 16.7. The monoisotopic (exact) mass is 421 g/mol. The zero-order chi connectivity index (χ0) is 17.8. The Morgan fingerprint density at radius 3 is 2.57 bits per heavy atom. The fourth-order valence-electron chi connectivity index (χ4n) is 4.03. The van der Waals surface area contributed by atoms with Gasteiger partial charge in [0, 0.05) is 30.9 Å². The fraction of sp³-hybridized carbons (Fsp3) is 0.409. The normalized spacial score (nSPS) is 18.3. The minimum absolute atomic E-state index is 0. The van der Waals surface area contributed by atoms with E-state index in [0.717, 1.165) is 57.5 Å². The Morgan fingerprint density at radius 1 is 1.04 bits per heavy atom. The Bertz CT molecular complexity index is 770. The van der Waals surface area contributed by atoms with Gasteiger partial charge in [0.2, 0.25) is 0 Å². The van der Waals surface area contributed by atoms with Crippen LogP contribution in [0.2, 0.25) is 0 Å². The number of rotatable bonds is 4. The molecule has 1 saturated heterocycles. The highest BCUT2D eigenvalue weighted by Gasteiger charge is 2.23. The third kappa shape index (κ3) is 5.40. The van der Waals surface area contributed by atoms with Gasteiger partial charge in [0.25, 0.3) is 5.91 Å². The molecule has 0 spiro atoms. The average Bonchev–Trinajstić information content (AvgIpc) is 3.04. The summed E-state index contributed by atoms with van der Waals surface area (Å²) in [5.41, 5.74) is 4.77. The van der Waals surface area contributed by atoms with Crippen LogP contribution in [0.25, 0.3) is 0 Å². The van der Waals surface area contributed by atoms with E-state index in [1.165, 1.54) is 16.8 Å². The van der Waals surface area contributed by atoms with E-state index in [4.69, 9.17) is 0 Å². The van der Waals surface area contributed by atoms with Gasteiger partial charge in [-0.15, -0.1) is 24.8 Å². The van der Waals surface area contributed by atoms with Crippen molar-refractivity contribution >= 4 is 36.4 Å². The van der Waals surface area contributed by atoms with Crippen molar-refractivity contribution in [3.63, 3.8) is 0 Å². The second kappa shape index (κ2) is 10.7. The molecule has 1 amide bonds. The maximum Gasteiger partial charge on any atom is 0.251 e. The summed E-state index contributed by atoms with van der Waals surface area (Å²) in [5.74, 6) is 0.576. The summed E-state index contributed by atoms with van der Waals surface area (Å²) in [6.45, 7) is 4.85. The number of fused-ring (bicyclic) bond motifs is 1. The van der Waals surface area contributed by atoms with E-state index >= 15 is 0 Å². The molecule has 1 atom stereocenters. The van der Waals surface area contributed by atoms with Crippen molar-refractivity contribution in [2.24, 2.45) is 5.92 Å². The van der Waals surface area contributed by atoms with E-state index in [-0.39, 0.29) is 30.7 Å². The van der Waals surface area contributed by atoms with Crippen LogP contribution in [0.4, 0.5) is 5.69 Å². The lowest BCUT2D eigenvalue weighted by molar-refractivity contribution is 0.0948.